The van der Waals surface area contributed by atoms with Crippen LogP contribution in [0.5, 0.6) is 0 Å². The van der Waals surface area contributed by atoms with Gasteiger partial charge in [-0.05, 0) is 13.8 Å². The molecule has 4 heteroatoms. The van der Waals surface area contributed by atoms with Crippen molar-refractivity contribution in [2.24, 2.45) is 5.41 Å². The van der Waals surface area contributed by atoms with Crippen LogP contribution in [0.4, 0.5) is 13.2 Å². The van der Waals surface area contributed by atoms with Crippen LogP contribution in [0.25, 0.3) is 0 Å². The highest BCUT2D eigenvalue weighted by Crippen LogP contribution is 2.38. The van der Waals surface area contributed by atoms with Crippen molar-refractivity contribution < 1.29 is 18.0 Å². The van der Waals surface area contributed by atoms with E-state index >= 15 is 0 Å². The highest BCUT2D eigenvalue weighted by molar-refractivity contribution is 5.84. The molecule has 1 nitrogen and oxygen atoms in total. The van der Waals surface area contributed by atoms with Crippen LogP contribution in [0.1, 0.15) is 27.2 Å². The second-order valence-electron chi connectivity index (χ2n) is 2.90. The van der Waals surface area contributed by atoms with Crippen LogP contribution in [0.15, 0.2) is 0 Å². The summed E-state index contributed by atoms with van der Waals surface area (Å²) in [5.41, 5.74) is -2.19. The molecule has 0 N–H and O–H groups in total. The number of ketones is 1. The van der Waals surface area contributed by atoms with Crippen LogP contribution in [0.3, 0.4) is 0 Å². The highest BCUT2D eigenvalue weighted by Gasteiger charge is 2.51. The number of halogens is 3. The van der Waals surface area contributed by atoms with Crippen LogP contribution >= 0.6 is 0 Å². The third-order valence-corrected chi connectivity index (χ3v) is 1.73. The zero-order valence-corrected chi connectivity index (χ0v) is 6.75. The summed E-state index contributed by atoms with van der Waals surface area (Å²) in [6.45, 7) is 3.23. The molecule has 0 unspecified atom stereocenters. The number of rotatable bonds is 2. The Bertz CT molecular complexity index is 158. The number of carbonyl (C=O) groups excluding carboxylic acids is 1. The molecular formula is C7H11F3O. The minimum atomic E-state index is -4.43. The molecule has 0 aliphatic rings. The quantitative estimate of drug-likeness (QED) is 0.619. The molecule has 0 heterocycles. The third kappa shape index (κ3) is 1.94. The molecule has 0 radical (unpaired) electrons. The van der Waals surface area contributed by atoms with E-state index in [4.69, 9.17) is 0 Å². The lowest BCUT2D eigenvalue weighted by atomic mass is 9.86. The molecule has 0 aromatic carbocycles. The molecule has 11 heavy (non-hydrogen) atoms. The molecule has 0 aromatic rings. The fourth-order valence-electron chi connectivity index (χ4n) is 0.600. The molecule has 0 aliphatic carbocycles. The summed E-state index contributed by atoms with van der Waals surface area (Å²) >= 11 is 0. The maximum atomic E-state index is 12.0. The first kappa shape index (κ1) is 10.5. The Kier molecular flexibility index (Phi) is 2.69. The van der Waals surface area contributed by atoms with E-state index in [0.29, 0.717) is 0 Å². The minimum absolute atomic E-state index is 0.0769. The highest BCUT2D eigenvalue weighted by atomic mass is 19.4. The predicted molar refractivity (Wildman–Crippen MR) is 35.1 cm³/mol. The molecule has 66 valence electrons. The zero-order chi connectivity index (χ0) is 9.28. The summed E-state index contributed by atoms with van der Waals surface area (Å²) in [6.07, 6.45) is -4.51. The molecule has 0 atom stereocenters. The molecule has 0 amide bonds. The lowest BCUT2D eigenvalue weighted by Gasteiger charge is -2.25. The fraction of sp³-hybridized carbons (Fsp3) is 0.857. The van der Waals surface area contributed by atoms with E-state index < -0.39 is 17.4 Å². The maximum Gasteiger partial charge on any atom is 0.400 e. The Hall–Kier alpha value is -0.540. The third-order valence-electron chi connectivity index (χ3n) is 1.73. The monoisotopic (exact) mass is 168 g/mol. The van der Waals surface area contributed by atoms with Crippen molar-refractivity contribution in [2.45, 2.75) is 33.4 Å². The first-order valence-electron chi connectivity index (χ1n) is 3.33. The number of alkyl halides is 3. The number of carbonyl (C=O) groups is 1. The van der Waals surface area contributed by atoms with Gasteiger partial charge in [0.1, 0.15) is 11.2 Å². The first-order chi connectivity index (χ1) is 4.73. The Morgan fingerprint density at radius 1 is 1.27 bits per heavy atom. The smallest absolute Gasteiger partial charge is 0.299 e. The van der Waals surface area contributed by atoms with Crippen molar-refractivity contribution in [2.75, 3.05) is 0 Å². The molecule has 0 saturated heterocycles. The van der Waals surface area contributed by atoms with Gasteiger partial charge in [0, 0.05) is 6.42 Å². The van der Waals surface area contributed by atoms with E-state index in [1.807, 2.05) is 0 Å². The van der Waals surface area contributed by atoms with Crippen molar-refractivity contribution in [1.82, 2.24) is 0 Å². The van der Waals surface area contributed by atoms with Crippen LogP contribution in [-0.4, -0.2) is 12.0 Å². The van der Waals surface area contributed by atoms with E-state index in [2.05, 4.69) is 0 Å². The molecular weight excluding hydrogens is 157 g/mol. The molecule has 0 fully saturated rings. The molecule has 0 aliphatic heterocycles. The largest absolute Gasteiger partial charge is 0.400 e. The summed E-state index contributed by atoms with van der Waals surface area (Å²) in [5.74, 6) is -0.773. The first-order valence-corrected chi connectivity index (χ1v) is 3.33. The van der Waals surface area contributed by atoms with Crippen molar-refractivity contribution in [3.8, 4) is 0 Å². The average Bonchev–Trinajstić information content (AvgIpc) is 1.83. The number of hydrogen-bond acceptors (Lipinski definition) is 1. The van der Waals surface area contributed by atoms with Crippen molar-refractivity contribution in [3.05, 3.63) is 0 Å². The van der Waals surface area contributed by atoms with Gasteiger partial charge >= 0.3 is 6.18 Å². The van der Waals surface area contributed by atoms with Gasteiger partial charge < -0.3 is 0 Å². The van der Waals surface area contributed by atoms with Gasteiger partial charge in [0.25, 0.3) is 0 Å². The van der Waals surface area contributed by atoms with Crippen LogP contribution in [-0.2, 0) is 4.79 Å². The summed E-state index contributed by atoms with van der Waals surface area (Å²) in [7, 11) is 0. The lowest BCUT2D eigenvalue weighted by Crippen LogP contribution is -2.39. The summed E-state index contributed by atoms with van der Waals surface area (Å²) in [6, 6.07) is 0. The Balaban J connectivity index is 4.59. The van der Waals surface area contributed by atoms with Gasteiger partial charge in [-0.25, -0.2) is 0 Å². The number of Topliss-reactive ketones (excluding diaryl/α,β-unsaturated/α-hetero) is 1. The van der Waals surface area contributed by atoms with Gasteiger partial charge in [-0.1, -0.05) is 6.92 Å². The number of hydrogen-bond donors (Lipinski definition) is 0. The standard InChI is InChI=1S/C7H11F3O/c1-4-5(11)6(2,3)7(8,9)10/h4H2,1-3H3. The van der Waals surface area contributed by atoms with E-state index in [9.17, 15) is 18.0 Å². The zero-order valence-electron chi connectivity index (χ0n) is 6.75. The van der Waals surface area contributed by atoms with Crippen molar-refractivity contribution in [1.29, 1.82) is 0 Å². The van der Waals surface area contributed by atoms with Gasteiger partial charge in [0.2, 0.25) is 0 Å². The summed E-state index contributed by atoms with van der Waals surface area (Å²) < 4.78 is 36.2. The molecule has 0 saturated carbocycles. The second kappa shape index (κ2) is 2.83. The normalized spacial score (nSPS) is 13.3. The predicted octanol–water partition coefficient (Wildman–Crippen LogP) is 2.55. The van der Waals surface area contributed by atoms with Gasteiger partial charge in [0.05, 0.1) is 0 Å². The second-order valence-corrected chi connectivity index (χ2v) is 2.90. The van der Waals surface area contributed by atoms with Crippen molar-refractivity contribution in [3.63, 3.8) is 0 Å². The molecule has 0 spiro atoms. The minimum Gasteiger partial charge on any atom is -0.299 e. The molecule has 0 aromatic heterocycles. The van der Waals surface area contributed by atoms with Crippen LogP contribution < -0.4 is 0 Å². The lowest BCUT2D eigenvalue weighted by molar-refractivity contribution is -0.210. The Morgan fingerprint density at radius 3 is 1.73 bits per heavy atom. The van der Waals surface area contributed by atoms with Gasteiger partial charge in [-0.3, -0.25) is 4.79 Å². The fourth-order valence-corrected chi connectivity index (χ4v) is 0.600. The van der Waals surface area contributed by atoms with E-state index in [1.54, 1.807) is 0 Å². The molecule has 0 rings (SSSR count). The average molecular weight is 168 g/mol. The van der Waals surface area contributed by atoms with E-state index in [-0.39, 0.29) is 6.42 Å². The van der Waals surface area contributed by atoms with Gasteiger partial charge in [-0.2, -0.15) is 13.2 Å². The molecule has 0 bridgehead atoms. The van der Waals surface area contributed by atoms with Gasteiger partial charge in [0.15, 0.2) is 0 Å². The summed E-state index contributed by atoms with van der Waals surface area (Å²) in [5, 5.41) is 0. The maximum absolute atomic E-state index is 12.0. The Labute approximate surface area is 63.6 Å². The van der Waals surface area contributed by atoms with Gasteiger partial charge in [-0.15, -0.1) is 0 Å². The van der Waals surface area contributed by atoms with E-state index in [0.717, 1.165) is 13.8 Å². The summed E-state index contributed by atoms with van der Waals surface area (Å²) in [4.78, 5) is 10.8. The Morgan fingerprint density at radius 2 is 1.64 bits per heavy atom. The van der Waals surface area contributed by atoms with Crippen LogP contribution in [0.2, 0.25) is 0 Å². The van der Waals surface area contributed by atoms with Crippen molar-refractivity contribution >= 4 is 5.78 Å². The van der Waals surface area contributed by atoms with Crippen LogP contribution in [0, 0.1) is 5.41 Å². The SMILES string of the molecule is CCC(=O)C(C)(C)C(F)(F)F. The topological polar surface area (TPSA) is 17.1 Å². The van der Waals surface area contributed by atoms with E-state index in [1.165, 1.54) is 6.92 Å².